The van der Waals surface area contributed by atoms with Crippen molar-refractivity contribution in [1.82, 2.24) is 5.32 Å². The van der Waals surface area contributed by atoms with E-state index in [1.54, 1.807) is 24.3 Å². The Kier molecular flexibility index (Phi) is 5.35. The molecule has 1 aromatic carbocycles. The fourth-order valence-electron chi connectivity index (χ4n) is 1.72. The summed E-state index contributed by atoms with van der Waals surface area (Å²) in [5, 5.41) is 2.89. The molecule has 1 rings (SSSR count). The average Bonchev–Trinajstić information content (AvgIpc) is 2.27. The lowest BCUT2D eigenvalue weighted by molar-refractivity contribution is 0.0938. The molecular formula is C13H20N2O3S. The molecule has 1 amide bonds. The summed E-state index contributed by atoms with van der Waals surface area (Å²) in [6, 6.07) is 6.47. The van der Waals surface area contributed by atoms with Crippen LogP contribution in [0.1, 0.15) is 37.0 Å². The maximum atomic E-state index is 11.9. The van der Waals surface area contributed by atoms with E-state index < -0.39 is 10.0 Å². The molecule has 0 fully saturated rings. The van der Waals surface area contributed by atoms with Gasteiger partial charge >= 0.3 is 0 Å². The van der Waals surface area contributed by atoms with Crippen LogP contribution in [-0.2, 0) is 10.0 Å². The summed E-state index contributed by atoms with van der Waals surface area (Å²) >= 11 is 0. The molecule has 2 N–H and O–H groups in total. The molecule has 0 saturated heterocycles. The smallest absolute Gasteiger partial charge is 0.251 e. The quantitative estimate of drug-likeness (QED) is 0.838. The summed E-state index contributed by atoms with van der Waals surface area (Å²) < 4.78 is 24.4. The van der Waals surface area contributed by atoms with Crippen LogP contribution < -0.4 is 10.0 Å². The minimum Gasteiger partial charge on any atom is -0.350 e. The van der Waals surface area contributed by atoms with E-state index in [4.69, 9.17) is 0 Å². The number of carbonyl (C=O) groups is 1. The molecule has 1 atom stereocenters. The number of rotatable bonds is 6. The molecule has 0 heterocycles. The second kappa shape index (κ2) is 6.56. The third-order valence-corrected chi connectivity index (χ3v) is 3.16. The first-order valence-corrected chi connectivity index (χ1v) is 8.09. The van der Waals surface area contributed by atoms with Gasteiger partial charge in [-0.3, -0.25) is 9.52 Å². The predicted molar refractivity (Wildman–Crippen MR) is 76.7 cm³/mol. The fourth-order valence-corrected chi connectivity index (χ4v) is 2.28. The third-order valence-electron chi connectivity index (χ3n) is 2.55. The number of nitrogens with one attached hydrogen (secondary N) is 2. The molecule has 19 heavy (non-hydrogen) atoms. The zero-order valence-electron chi connectivity index (χ0n) is 11.4. The van der Waals surface area contributed by atoms with Crippen molar-refractivity contribution in [2.24, 2.45) is 0 Å². The Morgan fingerprint density at radius 1 is 1.26 bits per heavy atom. The predicted octanol–water partition coefficient (Wildman–Crippen LogP) is 1.98. The Morgan fingerprint density at radius 2 is 1.84 bits per heavy atom. The number of anilines is 1. The van der Waals surface area contributed by atoms with Crippen molar-refractivity contribution >= 4 is 21.6 Å². The molecule has 0 aliphatic rings. The van der Waals surface area contributed by atoms with E-state index in [0.717, 1.165) is 19.1 Å². The van der Waals surface area contributed by atoms with Crippen LogP contribution in [0.5, 0.6) is 0 Å². The Bertz CT molecular complexity index is 523. The first kappa shape index (κ1) is 15.5. The van der Waals surface area contributed by atoms with Gasteiger partial charge in [-0.05, 0) is 37.6 Å². The number of benzene rings is 1. The highest BCUT2D eigenvalue weighted by Crippen LogP contribution is 2.11. The highest BCUT2D eigenvalue weighted by Gasteiger charge is 2.09. The maximum absolute atomic E-state index is 11.9. The molecule has 0 bridgehead atoms. The normalized spacial score (nSPS) is 12.8. The summed E-state index contributed by atoms with van der Waals surface area (Å²) in [6.45, 7) is 4.02. The Labute approximate surface area is 114 Å². The van der Waals surface area contributed by atoms with E-state index >= 15 is 0 Å². The van der Waals surface area contributed by atoms with Crippen LogP contribution in [0.2, 0.25) is 0 Å². The molecule has 0 aliphatic heterocycles. The maximum Gasteiger partial charge on any atom is 0.251 e. The molecule has 0 saturated carbocycles. The summed E-state index contributed by atoms with van der Waals surface area (Å²) in [4.78, 5) is 11.9. The molecule has 0 aliphatic carbocycles. The van der Waals surface area contributed by atoms with Crippen LogP contribution in [0.15, 0.2) is 24.3 Å². The van der Waals surface area contributed by atoms with Crippen LogP contribution in [0.3, 0.4) is 0 Å². The topological polar surface area (TPSA) is 75.3 Å². The molecule has 106 valence electrons. The van der Waals surface area contributed by atoms with Gasteiger partial charge in [-0.15, -0.1) is 0 Å². The van der Waals surface area contributed by atoms with Crippen LogP contribution in [0, 0.1) is 0 Å². The molecule has 0 radical (unpaired) electrons. The van der Waals surface area contributed by atoms with Crippen LogP contribution in [0.25, 0.3) is 0 Å². The molecule has 6 heteroatoms. The third kappa shape index (κ3) is 5.74. The van der Waals surface area contributed by atoms with Gasteiger partial charge in [-0.25, -0.2) is 8.42 Å². The van der Waals surface area contributed by atoms with E-state index in [1.165, 1.54) is 0 Å². The standard InChI is InChI=1S/C13H20N2O3S/c1-4-5-10(2)14-13(16)11-6-8-12(9-7-11)15-19(3,17)18/h6-10,15H,4-5H2,1-3H3,(H,14,16). The van der Waals surface area contributed by atoms with Gasteiger partial charge in [0.05, 0.1) is 6.26 Å². The largest absolute Gasteiger partial charge is 0.350 e. The van der Waals surface area contributed by atoms with Gasteiger partial charge < -0.3 is 5.32 Å². The van der Waals surface area contributed by atoms with E-state index in [-0.39, 0.29) is 11.9 Å². The second-order valence-electron chi connectivity index (χ2n) is 4.61. The lowest BCUT2D eigenvalue weighted by Gasteiger charge is -2.13. The van der Waals surface area contributed by atoms with Gasteiger partial charge in [0.15, 0.2) is 0 Å². The zero-order valence-corrected chi connectivity index (χ0v) is 12.3. The van der Waals surface area contributed by atoms with E-state index in [9.17, 15) is 13.2 Å². The number of sulfonamides is 1. The monoisotopic (exact) mass is 284 g/mol. The van der Waals surface area contributed by atoms with Crippen molar-refractivity contribution in [1.29, 1.82) is 0 Å². The Morgan fingerprint density at radius 3 is 2.32 bits per heavy atom. The SMILES string of the molecule is CCCC(C)NC(=O)c1ccc(NS(C)(=O)=O)cc1. The summed E-state index contributed by atoms with van der Waals surface area (Å²) in [5.41, 5.74) is 0.961. The van der Waals surface area contributed by atoms with Gasteiger partial charge in [0.2, 0.25) is 10.0 Å². The summed E-state index contributed by atoms with van der Waals surface area (Å²) in [6.07, 6.45) is 3.03. The van der Waals surface area contributed by atoms with E-state index in [0.29, 0.717) is 11.3 Å². The minimum absolute atomic E-state index is 0.131. The highest BCUT2D eigenvalue weighted by atomic mass is 32.2. The van der Waals surface area contributed by atoms with Crippen molar-refractivity contribution in [3.63, 3.8) is 0 Å². The number of hydrogen-bond donors (Lipinski definition) is 2. The minimum atomic E-state index is -3.29. The van der Waals surface area contributed by atoms with Gasteiger partial charge in [0.25, 0.3) is 5.91 Å². The molecule has 0 spiro atoms. The Balaban J connectivity index is 2.68. The first-order valence-electron chi connectivity index (χ1n) is 6.20. The lowest BCUT2D eigenvalue weighted by atomic mass is 10.1. The van der Waals surface area contributed by atoms with Crippen LogP contribution in [0.4, 0.5) is 5.69 Å². The average molecular weight is 284 g/mol. The molecule has 1 unspecified atom stereocenters. The van der Waals surface area contributed by atoms with Crippen molar-refractivity contribution in [2.45, 2.75) is 32.7 Å². The van der Waals surface area contributed by atoms with Crippen LogP contribution in [-0.4, -0.2) is 26.6 Å². The molecule has 1 aromatic rings. The summed E-state index contributed by atoms with van der Waals surface area (Å²) in [5.74, 6) is -0.146. The number of amides is 1. The van der Waals surface area contributed by atoms with Gasteiger partial charge in [-0.1, -0.05) is 13.3 Å². The van der Waals surface area contributed by atoms with Gasteiger partial charge in [0, 0.05) is 17.3 Å². The van der Waals surface area contributed by atoms with Crippen molar-refractivity contribution in [2.75, 3.05) is 11.0 Å². The van der Waals surface area contributed by atoms with Gasteiger partial charge in [0.1, 0.15) is 0 Å². The first-order chi connectivity index (χ1) is 8.81. The lowest BCUT2D eigenvalue weighted by Crippen LogP contribution is -2.32. The fraction of sp³-hybridized carbons (Fsp3) is 0.462. The van der Waals surface area contributed by atoms with Gasteiger partial charge in [-0.2, -0.15) is 0 Å². The second-order valence-corrected chi connectivity index (χ2v) is 6.36. The van der Waals surface area contributed by atoms with Crippen molar-refractivity contribution in [3.05, 3.63) is 29.8 Å². The van der Waals surface area contributed by atoms with Crippen molar-refractivity contribution < 1.29 is 13.2 Å². The number of carbonyl (C=O) groups excluding carboxylic acids is 1. The molecule has 5 nitrogen and oxygen atoms in total. The highest BCUT2D eigenvalue weighted by molar-refractivity contribution is 7.92. The van der Waals surface area contributed by atoms with E-state index in [2.05, 4.69) is 17.0 Å². The van der Waals surface area contributed by atoms with Crippen LogP contribution >= 0.6 is 0 Å². The van der Waals surface area contributed by atoms with Crippen molar-refractivity contribution in [3.8, 4) is 0 Å². The molecular weight excluding hydrogens is 264 g/mol. The molecule has 0 aromatic heterocycles. The number of hydrogen-bond acceptors (Lipinski definition) is 3. The Hall–Kier alpha value is -1.56. The zero-order chi connectivity index (χ0) is 14.5. The van der Waals surface area contributed by atoms with E-state index in [1.807, 2.05) is 6.92 Å². The summed E-state index contributed by atoms with van der Waals surface area (Å²) in [7, 11) is -3.29.